The highest BCUT2D eigenvalue weighted by Crippen LogP contribution is 2.31. The largest absolute Gasteiger partial charge is 0.417 e. The van der Waals surface area contributed by atoms with E-state index in [1.54, 1.807) is 6.20 Å². The molecule has 1 aliphatic rings. The monoisotopic (exact) mass is 425 g/mol. The fourth-order valence-corrected chi connectivity index (χ4v) is 4.68. The Morgan fingerprint density at radius 2 is 2.10 bits per heavy atom. The second-order valence-electron chi connectivity index (χ2n) is 7.69. The first kappa shape index (κ1) is 20.8. The number of pyridine rings is 1. The first-order valence-electron chi connectivity index (χ1n) is 10.4. The molecule has 1 atom stereocenters. The molecule has 1 aromatic carbocycles. The molecule has 3 heterocycles. The summed E-state index contributed by atoms with van der Waals surface area (Å²) in [5.74, 6) is 0.707. The number of nitrogens with one attached hydrogen (secondary N) is 2. The average molecular weight is 426 g/mol. The number of carbonyl (C=O) groups is 1. The number of benzene rings is 1. The third-order valence-electron chi connectivity index (χ3n) is 5.37. The molecule has 1 unspecified atom stereocenters. The van der Waals surface area contributed by atoms with Gasteiger partial charge in [-0.3, -0.25) is 10.3 Å². The van der Waals surface area contributed by atoms with E-state index in [0.29, 0.717) is 29.3 Å². The van der Waals surface area contributed by atoms with Gasteiger partial charge in [-0.15, -0.1) is 0 Å². The summed E-state index contributed by atoms with van der Waals surface area (Å²) in [6.07, 6.45) is 4.61. The molecular formula is C23H27N3O3S. The Balaban J connectivity index is 1.32. The van der Waals surface area contributed by atoms with Crippen LogP contribution in [0.2, 0.25) is 0 Å². The number of aromatic nitrogens is 1. The van der Waals surface area contributed by atoms with E-state index < -0.39 is 6.09 Å². The molecule has 0 radical (unpaired) electrons. The minimum absolute atomic E-state index is 0.369. The lowest BCUT2D eigenvalue weighted by atomic mass is 9.93. The second kappa shape index (κ2) is 10.0. The Morgan fingerprint density at radius 1 is 1.27 bits per heavy atom. The average Bonchev–Trinajstić information content (AvgIpc) is 3.16. The van der Waals surface area contributed by atoms with Gasteiger partial charge in [0.1, 0.15) is 0 Å². The number of nitrogens with zero attached hydrogens (tertiary/aromatic N) is 1. The standard InChI is InChI=1S/C23H27N3O3S/c1-16(13-17-8-11-28-12-9-17)25-15-20-19(6-4-10-24-20)26-23(27)29-22-14-18-5-2-3-7-21(18)30-22/h2-7,10,14,16-17,25H,8-9,11-13,15H2,1H3,(H,26,27). The highest BCUT2D eigenvalue weighted by Gasteiger charge is 2.17. The summed E-state index contributed by atoms with van der Waals surface area (Å²) >= 11 is 1.45. The predicted octanol–water partition coefficient (Wildman–Crippen LogP) is 5.20. The molecule has 30 heavy (non-hydrogen) atoms. The summed E-state index contributed by atoms with van der Waals surface area (Å²) in [5.41, 5.74) is 1.46. The first-order valence-corrected chi connectivity index (χ1v) is 11.2. The number of hydrogen-bond donors (Lipinski definition) is 2. The van der Waals surface area contributed by atoms with Crippen LogP contribution >= 0.6 is 11.3 Å². The summed E-state index contributed by atoms with van der Waals surface area (Å²) in [6, 6.07) is 13.9. The Hall–Kier alpha value is -2.48. The quantitative estimate of drug-likeness (QED) is 0.544. The zero-order valence-corrected chi connectivity index (χ0v) is 17.9. The van der Waals surface area contributed by atoms with Gasteiger partial charge >= 0.3 is 6.09 Å². The maximum atomic E-state index is 12.4. The number of fused-ring (bicyclic) bond motifs is 1. The van der Waals surface area contributed by atoms with E-state index in [9.17, 15) is 4.79 Å². The summed E-state index contributed by atoms with van der Waals surface area (Å²) in [4.78, 5) is 16.9. The van der Waals surface area contributed by atoms with Gasteiger partial charge in [0.05, 0.1) is 11.4 Å². The molecule has 4 rings (SSSR count). The van der Waals surface area contributed by atoms with E-state index in [2.05, 4.69) is 22.5 Å². The van der Waals surface area contributed by atoms with Gasteiger partial charge in [0.2, 0.25) is 0 Å². The van der Waals surface area contributed by atoms with Crippen LogP contribution in [0.4, 0.5) is 10.5 Å². The number of ether oxygens (including phenoxy) is 2. The first-order chi connectivity index (χ1) is 14.7. The van der Waals surface area contributed by atoms with Crippen LogP contribution in [0.3, 0.4) is 0 Å². The molecule has 1 amide bonds. The van der Waals surface area contributed by atoms with Gasteiger partial charge in [-0.05, 0) is 55.7 Å². The fourth-order valence-electron chi connectivity index (χ4n) is 3.76. The maximum Gasteiger partial charge on any atom is 0.417 e. The zero-order chi connectivity index (χ0) is 20.8. The van der Waals surface area contributed by atoms with Gasteiger partial charge in [0, 0.05) is 42.8 Å². The van der Waals surface area contributed by atoms with Crippen LogP contribution in [0.1, 0.15) is 31.9 Å². The SMILES string of the molecule is CC(CC1CCOCC1)NCc1ncccc1NC(=O)Oc1cc2ccccc2s1. The van der Waals surface area contributed by atoms with E-state index in [-0.39, 0.29) is 0 Å². The summed E-state index contributed by atoms with van der Waals surface area (Å²) in [5, 5.41) is 8.01. The molecule has 1 aliphatic heterocycles. The summed E-state index contributed by atoms with van der Waals surface area (Å²) in [7, 11) is 0. The van der Waals surface area contributed by atoms with E-state index in [1.165, 1.54) is 11.3 Å². The molecule has 0 saturated carbocycles. The van der Waals surface area contributed by atoms with Crippen molar-refractivity contribution in [2.75, 3.05) is 18.5 Å². The molecule has 7 heteroatoms. The number of carbonyl (C=O) groups excluding carboxylic acids is 1. The van der Waals surface area contributed by atoms with Gasteiger partial charge in [0.15, 0.2) is 5.06 Å². The molecule has 0 aliphatic carbocycles. The lowest BCUT2D eigenvalue weighted by molar-refractivity contribution is 0.0611. The third kappa shape index (κ3) is 5.56. The smallest absolute Gasteiger partial charge is 0.399 e. The lowest BCUT2D eigenvalue weighted by Gasteiger charge is -2.25. The predicted molar refractivity (Wildman–Crippen MR) is 120 cm³/mol. The number of thiophene rings is 1. The molecule has 2 aromatic heterocycles. The highest BCUT2D eigenvalue weighted by atomic mass is 32.1. The van der Waals surface area contributed by atoms with E-state index in [0.717, 1.165) is 48.3 Å². The van der Waals surface area contributed by atoms with Crippen molar-refractivity contribution in [1.82, 2.24) is 10.3 Å². The van der Waals surface area contributed by atoms with Crippen molar-refractivity contribution in [2.45, 2.75) is 38.8 Å². The Labute approximate surface area is 180 Å². The van der Waals surface area contributed by atoms with Crippen molar-refractivity contribution in [2.24, 2.45) is 5.92 Å². The summed E-state index contributed by atoms with van der Waals surface area (Å²) < 4.78 is 12.0. The zero-order valence-electron chi connectivity index (χ0n) is 17.1. The van der Waals surface area contributed by atoms with Gasteiger partial charge in [0.25, 0.3) is 0 Å². The molecule has 0 spiro atoms. The van der Waals surface area contributed by atoms with E-state index in [4.69, 9.17) is 9.47 Å². The number of hydrogen-bond acceptors (Lipinski definition) is 6. The Morgan fingerprint density at radius 3 is 2.93 bits per heavy atom. The molecule has 1 fully saturated rings. The molecule has 3 aromatic rings. The van der Waals surface area contributed by atoms with Crippen molar-refractivity contribution in [3.63, 3.8) is 0 Å². The molecule has 6 nitrogen and oxygen atoms in total. The van der Waals surface area contributed by atoms with Crippen LogP contribution in [0.5, 0.6) is 5.06 Å². The molecule has 0 bridgehead atoms. The van der Waals surface area contributed by atoms with Crippen LogP contribution in [-0.2, 0) is 11.3 Å². The van der Waals surface area contributed by atoms with Crippen molar-refractivity contribution in [3.05, 3.63) is 54.4 Å². The van der Waals surface area contributed by atoms with Crippen LogP contribution in [0, 0.1) is 5.92 Å². The normalized spacial score (nSPS) is 15.8. The van der Waals surface area contributed by atoms with E-state index >= 15 is 0 Å². The maximum absolute atomic E-state index is 12.4. The van der Waals surface area contributed by atoms with Gasteiger partial charge in [-0.2, -0.15) is 0 Å². The van der Waals surface area contributed by atoms with Crippen LogP contribution < -0.4 is 15.4 Å². The third-order valence-corrected chi connectivity index (χ3v) is 6.36. The van der Waals surface area contributed by atoms with Gasteiger partial charge in [-0.1, -0.05) is 29.5 Å². The van der Waals surface area contributed by atoms with Gasteiger partial charge in [-0.25, -0.2) is 4.79 Å². The van der Waals surface area contributed by atoms with Crippen molar-refractivity contribution < 1.29 is 14.3 Å². The topological polar surface area (TPSA) is 72.5 Å². The summed E-state index contributed by atoms with van der Waals surface area (Å²) in [6.45, 7) is 4.52. The van der Waals surface area contributed by atoms with E-state index in [1.807, 2.05) is 42.5 Å². The van der Waals surface area contributed by atoms with Crippen molar-refractivity contribution in [1.29, 1.82) is 0 Å². The molecular weight excluding hydrogens is 398 g/mol. The van der Waals surface area contributed by atoms with Crippen LogP contribution in [-0.4, -0.2) is 30.3 Å². The lowest BCUT2D eigenvalue weighted by Crippen LogP contribution is -2.30. The second-order valence-corrected chi connectivity index (χ2v) is 8.74. The highest BCUT2D eigenvalue weighted by molar-refractivity contribution is 7.20. The number of rotatable bonds is 7. The van der Waals surface area contributed by atoms with Crippen LogP contribution in [0.15, 0.2) is 48.7 Å². The van der Waals surface area contributed by atoms with Crippen LogP contribution in [0.25, 0.3) is 10.1 Å². The Kier molecular flexibility index (Phi) is 6.94. The van der Waals surface area contributed by atoms with Crippen molar-refractivity contribution in [3.8, 4) is 5.06 Å². The van der Waals surface area contributed by atoms with Crippen molar-refractivity contribution >= 4 is 33.2 Å². The minimum atomic E-state index is -0.508. The Bertz CT molecular complexity index is 951. The van der Waals surface area contributed by atoms with Gasteiger partial charge < -0.3 is 14.8 Å². The molecule has 1 saturated heterocycles. The fraction of sp³-hybridized carbons (Fsp3) is 0.391. The molecule has 2 N–H and O–H groups in total. The number of anilines is 1. The molecule has 158 valence electrons. The minimum Gasteiger partial charge on any atom is -0.399 e. The number of amides is 1.